The van der Waals surface area contributed by atoms with E-state index in [4.69, 9.17) is 0 Å². The van der Waals surface area contributed by atoms with Crippen LogP contribution in [0.2, 0.25) is 0 Å². The van der Waals surface area contributed by atoms with E-state index in [2.05, 4.69) is 55.3 Å². The van der Waals surface area contributed by atoms with Gasteiger partial charge in [0.25, 0.3) is 0 Å². The molecular formula is C18H18N2. The van der Waals surface area contributed by atoms with Gasteiger partial charge >= 0.3 is 0 Å². The Morgan fingerprint density at radius 2 is 1.90 bits per heavy atom. The van der Waals surface area contributed by atoms with Crippen molar-refractivity contribution in [2.75, 3.05) is 13.6 Å². The third-order valence-electron chi connectivity index (χ3n) is 4.21. The Morgan fingerprint density at radius 1 is 1.15 bits per heavy atom. The third-order valence-corrected chi connectivity index (χ3v) is 4.21. The molecule has 2 heteroatoms. The predicted molar refractivity (Wildman–Crippen MR) is 81.4 cm³/mol. The Balaban J connectivity index is 2.26. The second-order valence-electron chi connectivity index (χ2n) is 5.52. The molecule has 0 saturated heterocycles. The first-order valence-electron chi connectivity index (χ1n) is 7.00. The molecule has 2 nitrogen and oxygen atoms in total. The summed E-state index contributed by atoms with van der Waals surface area (Å²) in [6.45, 7) is 4.10. The number of rotatable bonds is 1. The number of fused-ring (bicyclic) bond motifs is 1. The first kappa shape index (κ1) is 12.9. The molecule has 0 radical (unpaired) electrons. The zero-order valence-corrected chi connectivity index (χ0v) is 12.0. The van der Waals surface area contributed by atoms with Gasteiger partial charge in [-0.3, -0.25) is 0 Å². The van der Waals surface area contributed by atoms with E-state index in [9.17, 15) is 5.26 Å². The molecule has 100 valence electrons. The molecule has 2 aromatic rings. The van der Waals surface area contributed by atoms with Gasteiger partial charge in [0.05, 0.1) is 11.6 Å². The Bertz CT molecular complexity index is 681. The summed E-state index contributed by atoms with van der Waals surface area (Å²) in [5.41, 5.74) is 7.16. The van der Waals surface area contributed by atoms with Gasteiger partial charge in [-0.2, -0.15) is 5.26 Å². The number of nitrogens with zero attached hydrogens (tertiary/aromatic N) is 2. The highest BCUT2D eigenvalue weighted by atomic mass is 15.1. The van der Waals surface area contributed by atoms with E-state index in [0.717, 1.165) is 30.6 Å². The van der Waals surface area contributed by atoms with Gasteiger partial charge in [-0.05, 0) is 54.3 Å². The van der Waals surface area contributed by atoms with E-state index in [1.54, 1.807) is 0 Å². The van der Waals surface area contributed by atoms with Gasteiger partial charge in [0.1, 0.15) is 0 Å². The number of hydrogen-bond donors (Lipinski definition) is 0. The second kappa shape index (κ2) is 5.11. The molecule has 0 N–H and O–H groups in total. The standard InChI is InChI=1S/C18H18N2/c1-13-15(11-19)10-17(14-6-4-3-5-7-14)16-8-9-20(2)12-18(13)16/h3-7,10H,8-9,12H2,1-2H3. The van der Waals surface area contributed by atoms with Crippen molar-refractivity contribution in [2.24, 2.45) is 0 Å². The summed E-state index contributed by atoms with van der Waals surface area (Å²) in [5, 5.41) is 9.39. The Hall–Kier alpha value is -2.11. The molecule has 1 aliphatic heterocycles. The average molecular weight is 262 g/mol. The quantitative estimate of drug-likeness (QED) is 0.786. The minimum atomic E-state index is 0.804. The van der Waals surface area contributed by atoms with Crippen LogP contribution in [-0.2, 0) is 13.0 Å². The molecule has 3 rings (SSSR count). The first-order valence-corrected chi connectivity index (χ1v) is 7.00. The summed E-state index contributed by atoms with van der Waals surface area (Å²) in [5.74, 6) is 0. The minimum Gasteiger partial charge on any atom is -0.302 e. The van der Waals surface area contributed by atoms with Gasteiger partial charge in [-0.15, -0.1) is 0 Å². The summed E-state index contributed by atoms with van der Waals surface area (Å²) in [6, 6.07) is 14.8. The fourth-order valence-corrected chi connectivity index (χ4v) is 3.03. The number of benzene rings is 2. The van der Waals surface area contributed by atoms with Crippen LogP contribution in [0.5, 0.6) is 0 Å². The maximum Gasteiger partial charge on any atom is 0.0994 e. The molecule has 0 aliphatic carbocycles. The van der Waals surface area contributed by atoms with Crippen molar-refractivity contribution >= 4 is 0 Å². The molecule has 0 amide bonds. The lowest BCUT2D eigenvalue weighted by molar-refractivity contribution is 0.312. The Morgan fingerprint density at radius 3 is 2.60 bits per heavy atom. The summed E-state index contributed by atoms with van der Waals surface area (Å²) in [4.78, 5) is 2.32. The minimum absolute atomic E-state index is 0.804. The lowest BCUT2D eigenvalue weighted by Gasteiger charge is -2.29. The highest BCUT2D eigenvalue weighted by molar-refractivity contribution is 5.72. The van der Waals surface area contributed by atoms with E-state index < -0.39 is 0 Å². The van der Waals surface area contributed by atoms with Gasteiger partial charge in [0.2, 0.25) is 0 Å². The van der Waals surface area contributed by atoms with Crippen molar-refractivity contribution in [2.45, 2.75) is 19.9 Å². The molecule has 20 heavy (non-hydrogen) atoms. The molecule has 1 heterocycles. The smallest absolute Gasteiger partial charge is 0.0994 e. The topological polar surface area (TPSA) is 27.0 Å². The molecule has 0 fully saturated rings. The van der Waals surface area contributed by atoms with Crippen LogP contribution in [0, 0.1) is 18.3 Å². The molecule has 0 atom stereocenters. The van der Waals surface area contributed by atoms with Crippen molar-refractivity contribution in [3.8, 4) is 17.2 Å². The SMILES string of the molecule is Cc1c(C#N)cc(-c2ccccc2)c2c1CN(C)CC2. The van der Waals surface area contributed by atoms with Gasteiger partial charge in [-0.25, -0.2) is 0 Å². The molecule has 0 spiro atoms. The summed E-state index contributed by atoms with van der Waals surface area (Å²) >= 11 is 0. The predicted octanol–water partition coefficient (Wildman–Crippen LogP) is 3.52. The maximum atomic E-state index is 9.39. The highest BCUT2D eigenvalue weighted by Gasteiger charge is 2.21. The van der Waals surface area contributed by atoms with Crippen molar-refractivity contribution in [1.82, 2.24) is 4.90 Å². The fraction of sp³-hybridized carbons (Fsp3) is 0.278. The summed E-state index contributed by atoms with van der Waals surface area (Å²) in [6.07, 6.45) is 1.06. The average Bonchev–Trinajstić information content (AvgIpc) is 2.49. The molecular weight excluding hydrogens is 244 g/mol. The number of hydrogen-bond acceptors (Lipinski definition) is 2. The van der Waals surface area contributed by atoms with Gasteiger partial charge < -0.3 is 4.90 Å². The summed E-state index contributed by atoms with van der Waals surface area (Å²) in [7, 11) is 2.14. The Labute approximate surface area is 120 Å². The number of likely N-dealkylation sites (N-methyl/N-ethyl adjacent to an activating group) is 1. The van der Waals surface area contributed by atoms with Gasteiger partial charge in [0, 0.05) is 13.1 Å². The van der Waals surface area contributed by atoms with Crippen LogP contribution in [0.4, 0.5) is 0 Å². The zero-order chi connectivity index (χ0) is 14.1. The van der Waals surface area contributed by atoms with Crippen LogP contribution < -0.4 is 0 Å². The maximum absolute atomic E-state index is 9.39. The van der Waals surface area contributed by atoms with Crippen molar-refractivity contribution in [1.29, 1.82) is 5.26 Å². The van der Waals surface area contributed by atoms with Crippen LogP contribution in [0.3, 0.4) is 0 Å². The highest BCUT2D eigenvalue weighted by Crippen LogP contribution is 2.33. The van der Waals surface area contributed by atoms with Crippen molar-refractivity contribution in [3.05, 3.63) is 58.7 Å². The van der Waals surface area contributed by atoms with Crippen molar-refractivity contribution in [3.63, 3.8) is 0 Å². The normalized spacial score (nSPS) is 14.7. The lowest BCUT2D eigenvalue weighted by atomic mass is 9.86. The zero-order valence-electron chi connectivity index (χ0n) is 12.0. The first-order chi connectivity index (χ1) is 9.70. The molecule has 0 saturated carbocycles. The fourth-order valence-electron chi connectivity index (χ4n) is 3.03. The molecule has 1 aliphatic rings. The largest absolute Gasteiger partial charge is 0.302 e. The van der Waals surface area contributed by atoms with Crippen LogP contribution in [0.15, 0.2) is 36.4 Å². The van der Waals surface area contributed by atoms with Crippen LogP contribution in [-0.4, -0.2) is 18.5 Å². The molecule has 0 unspecified atom stereocenters. The molecule has 2 aromatic carbocycles. The third kappa shape index (κ3) is 2.11. The van der Waals surface area contributed by atoms with E-state index in [1.807, 2.05) is 6.07 Å². The Kier molecular flexibility index (Phi) is 3.30. The van der Waals surface area contributed by atoms with E-state index in [0.29, 0.717) is 0 Å². The van der Waals surface area contributed by atoms with Crippen molar-refractivity contribution < 1.29 is 0 Å². The van der Waals surface area contributed by atoms with Crippen LogP contribution in [0.1, 0.15) is 22.3 Å². The lowest BCUT2D eigenvalue weighted by Crippen LogP contribution is -2.28. The van der Waals surface area contributed by atoms with E-state index >= 15 is 0 Å². The monoisotopic (exact) mass is 262 g/mol. The molecule has 0 bridgehead atoms. The van der Waals surface area contributed by atoms with Crippen LogP contribution >= 0.6 is 0 Å². The number of nitriles is 1. The van der Waals surface area contributed by atoms with Gasteiger partial charge in [-0.1, -0.05) is 30.3 Å². The molecule has 0 aromatic heterocycles. The second-order valence-corrected chi connectivity index (χ2v) is 5.52. The van der Waals surface area contributed by atoms with Gasteiger partial charge in [0.15, 0.2) is 0 Å². The summed E-state index contributed by atoms with van der Waals surface area (Å²) < 4.78 is 0. The van der Waals surface area contributed by atoms with Crippen LogP contribution in [0.25, 0.3) is 11.1 Å². The van der Waals surface area contributed by atoms with E-state index in [1.165, 1.54) is 22.3 Å². The van der Waals surface area contributed by atoms with E-state index in [-0.39, 0.29) is 0 Å².